The predicted octanol–water partition coefficient (Wildman–Crippen LogP) is 6.71. The Balaban J connectivity index is 1.58. The van der Waals surface area contributed by atoms with Crippen molar-refractivity contribution in [1.82, 2.24) is 5.32 Å². The van der Waals surface area contributed by atoms with Crippen LogP contribution in [0.3, 0.4) is 0 Å². The Morgan fingerprint density at radius 2 is 1.53 bits per heavy atom. The second-order valence-corrected chi connectivity index (χ2v) is 7.92. The number of hydrogen-bond donors (Lipinski definition) is 1. The van der Waals surface area contributed by atoms with Gasteiger partial charge in [0.2, 0.25) is 0 Å². The molecule has 1 N–H and O–H groups in total. The molecule has 3 rings (SSSR count). The Morgan fingerprint density at radius 3 is 2.23 bits per heavy atom. The molecule has 30 heavy (non-hydrogen) atoms. The zero-order chi connectivity index (χ0) is 21.5. The van der Waals surface area contributed by atoms with E-state index in [-0.39, 0.29) is 12.4 Å². The molecule has 3 aromatic carbocycles. The van der Waals surface area contributed by atoms with Gasteiger partial charge >= 0.3 is 0 Å². The minimum atomic E-state index is -0.227. The Bertz CT molecular complexity index is 996. The summed E-state index contributed by atoms with van der Waals surface area (Å²) >= 11 is 18.4. The quantitative estimate of drug-likeness (QED) is 0.354. The van der Waals surface area contributed by atoms with E-state index in [1.165, 1.54) is 12.1 Å². The van der Waals surface area contributed by atoms with Crippen LogP contribution in [0, 0.1) is 5.82 Å². The van der Waals surface area contributed by atoms with Gasteiger partial charge in [-0.2, -0.15) is 0 Å². The highest BCUT2D eigenvalue weighted by Crippen LogP contribution is 2.37. The largest absolute Gasteiger partial charge is 0.493 e. The highest BCUT2D eigenvalue weighted by Gasteiger charge is 2.13. The van der Waals surface area contributed by atoms with Gasteiger partial charge in [0.05, 0.1) is 22.2 Å². The second-order valence-electron chi connectivity index (χ2n) is 6.70. The Kier molecular flexibility index (Phi) is 8.23. The molecule has 0 aliphatic heterocycles. The van der Waals surface area contributed by atoms with Gasteiger partial charge < -0.3 is 14.8 Å². The van der Waals surface area contributed by atoms with Gasteiger partial charge in [-0.3, -0.25) is 0 Å². The molecule has 0 aliphatic rings. The molecule has 0 heterocycles. The zero-order valence-corrected chi connectivity index (χ0v) is 18.6. The van der Waals surface area contributed by atoms with E-state index < -0.39 is 0 Å². The van der Waals surface area contributed by atoms with Gasteiger partial charge in [0.1, 0.15) is 12.4 Å². The molecule has 0 aromatic heterocycles. The average Bonchev–Trinajstić information content (AvgIpc) is 2.73. The van der Waals surface area contributed by atoms with E-state index >= 15 is 0 Å². The average molecular weight is 469 g/mol. The van der Waals surface area contributed by atoms with E-state index in [0.29, 0.717) is 33.1 Å². The minimum absolute atomic E-state index is 0.227. The van der Waals surface area contributed by atoms with Crippen molar-refractivity contribution >= 4 is 34.8 Å². The highest BCUT2D eigenvalue weighted by atomic mass is 35.5. The number of benzene rings is 3. The monoisotopic (exact) mass is 467 g/mol. The predicted molar refractivity (Wildman–Crippen MR) is 121 cm³/mol. The topological polar surface area (TPSA) is 30.5 Å². The molecule has 7 heteroatoms. The number of rotatable bonds is 9. The summed E-state index contributed by atoms with van der Waals surface area (Å²) in [5, 5.41) is 4.78. The number of methoxy groups -OCH3 is 1. The van der Waals surface area contributed by atoms with E-state index in [4.69, 9.17) is 44.3 Å². The van der Waals surface area contributed by atoms with E-state index in [2.05, 4.69) is 5.32 Å². The SMILES string of the molecule is COc1cc(CNCCc2ccc(F)cc2)cc(Cl)c1OCc1ccc(Cl)c(Cl)c1. The lowest BCUT2D eigenvalue weighted by Crippen LogP contribution is -2.16. The van der Waals surface area contributed by atoms with Crippen molar-refractivity contribution in [1.29, 1.82) is 0 Å². The summed E-state index contributed by atoms with van der Waals surface area (Å²) < 4.78 is 24.3. The van der Waals surface area contributed by atoms with Crippen LogP contribution in [0.25, 0.3) is 0 Å². The first-order valence-corrected chi connectivity index (χ1v) is 10.5. The molecule has 0 spiro atoms. The molecule has 3 nitrogen and oxygen atoms in total. The van der Waals surface area contributed by atoms with Crippen LogP contribution in [0.15, 0.2) is 54.6 Å². The third kappa shape index (κ3) is 6.26. The van der Waals surface area contributed by atoms with Crippen molar-refractivity contribution in [2.24, 2.45) is 0 Å². The first kappa shape index (κ1) is 22.7. The molecular weight excluding hydrogens is 448 g/mol. The smallest absolute Gasteiger partial charge is 0.180 e. The normalized spacial score (nSPS) is 10.8. The van der Waals surface area contributed by atoms with E-state index in [1.54, 1.807) is 31.4 Å². The molecular formula is C23H21Cl3FNO2. The maximum absolute atomic E-state index is 13.0. The van der Waals surface area contributed by atoms with Crippen molar-refractivity contribution in [2.45, 2.75) is 19.6 Å². The summed E-state index contributed by atoms with van der Waals surface area (Å²) in [6.45, 7) is 1.65. The Morgan fingerprint density at radius 1 is 0.833 bits per heavy atom. The summed E-state index contributed by atoms with van der Waals surface area (Å²) in [4.78, 5) is 0. The van der Waals surface area contributed by atoms with Gasteiger partial charge in [-0.15, -0.1) is 0 Å². The fourth-order valence-corrected chi connectivity index (χ4v) is 3.53. The summed E-state index contributed by atoms with van der Waals surface area (Å²) in [7, 11) is 1.57. The van der Waals surface area contributed by atoms with Crippen molar-refractivity contribution in [2.75, 3.05) is 13.7 Å². The third-order valence-corrected chi connectivity index (χ3v) is 5.51. The fourth-order valence-electron chi connectivity index (χ4n) is 2.92. The highest BCUT2D eigenvalue weighted by molar-refractivity contribution is 6.42. The lowest BCUT2D eigenvalue weighted by atomic mass is 10.1. The molecule has 0 saturated heterocycles. The standard InChI is InChI=1S/C23H21Cl3FNO2/c1-29-22-12-17(13-28-9-8-15-2-5-18(27)6-3-15)11-21(26)23(22)30-14-16-4-7-19(24)20(25)10-16/h2-7,10-12,28H,8-9,13-14H2,1H3. The van der Waals surface area contributed by atoms with Crippen LogP contribution in [-0.4, -0.2) is 13.7 Å². The van der Waals surface area contributed by atoms with Gasteiger partial charge in [-0.05, 0) is 66.1 Å². The van der Waals surface area contributed by atoms with E-state index in [0.717, 1.165) is 29.7 Å². The molecule has 0 fully saturated rings. The van der Waals surface area contributed by atoms with Crippen molar-refractivity contribution in [3.63, 3.8) is 0 Å². The third-order valence-electron chi connectivity index (χ3n) is 4.49. The molecule has 0 bridgehead atoms. The molecule has 0 atom stereocenters. The van der Waals surface area contributed by atoms with E-state index in [1.807, 2.05) is 18.2 Å². The molecule has 0 amide bonds. The number of halogens is 4. The fraction of sp³-hybridized carbons (Fsp3) is 0.217. The first-order chi connectivity index (χ1) is 14.5. The summed E-state index contributed by atoms with van der Waals surface area (Å²) in [6, 6.07) is 15.6. The van der Waals surface area contributed by atoms with Gasteiger partial charge in [-0.1, -0.05) is 53.0 Å². The van der Waals surface area contributed by atoms with Gasteiger partial charge in [0.25, 0.3) is 0 Å². The van der Waals surface area contributed by atoms with Crippen LogP contribution in [-0.2, 0) is 19.6 Å². The summed E-state index contributed by atoms with van der Waals surface area (Å²) in [5.74, 6) is 0.799. The van der Waals surface area contributed by atoms with E-state index in [9.17, 15) is 4.39 Å². The van der Waals surface area contributed by atoms with Crippen LogP contribution >= 0.6 is 34.8 Å². The first-order valence-electron chi connectivity index (χ1n) is 9.34. The maximum atomic E-state index is 13.0. The minimum Gasteiger partial charge on any atom is -0.493 e. The lowest BCUT2D eigenvalue weighted by Gasteiger charge is -2.15. The Hall–Kier alpha value is -1.98. The summed E-state index contributed by atoms with van der Waals surface area (Å²) in [6.07, 6.45) is 0.802. The van der Waals surface area contributed by atoms with Crippen LogP contribution in [0.4, 0.5) is 4.39 Å². The van der Waals surface area contributed by atoms with Gasteiger partial charge in [0.15, 0.2) is 11.5 Å². The maximum Gasteiger partial charge on any atom is 0.180 e. The van der Waals surface area contributed by atoms with Gasteiger partial charge in [0, 0.05) is 6.54 Å². The number of ether oxygens (including phenoxy) is 2. The zero-order valence-electron chi connectivity index (χ0n) is 16.4. The van der Waals surface area contributed by atoms with Crippen molar-refractivity contribution in [3.05, 3.63) is 92.2 Å². The summed E-state index contributed by atoms with van der Waals surface area (Å²) in [5.41, 5.74) is 2.91. The molecule has 158 valence electrons. The number of nitrogens with one attached hydrogen (secondary N) is 1. The van der Waals surface area contributed by atoms with Gasteiger partial charge in [-0.25, -0.2) is 4.39 Å². The molecule has 0 saturated carbocycles. The van der Waals surface area contributed by atoms with Crippen LogP contribution in [0.2, 0.25) is 15.1 Å². The van der Waals surface area contributed by atoms with Crippen LogP contribution in [0.5, 0.6) is 11.5 Å². The molecule has 0 aliphatic carbocycles. The second kappa shape index (κ2) is 10.9. The molecule has 3 aromatic rings. The van der Waals surface area contributed by atoms with Crippen LogP contribution in [0.1, 0.15) is 16.7 Å². The Labute approximate surface area is 190 Å². The number of hydrogen-bond acceptors (Lipinski definition) is 3. The molecule has 0 unspecified atom stereocenters. The van der Waals surface area contributed by atoms with Crippen molar-refractivity contribution < 1.29 is 13.9 Å². The van der Waals surface area contributed by atoms with Crippen molar-refractivity contribution in [3.8, 4) is 11.5 Å². The lowest BCUT2D eigenvalue weighted by molar-refractivity contribution is 0.284. The van der Waals surface area contributed by atoms with Crippen LogP contribution < -0.4 is 14.8 Å². The molecule has 0 radical (unpaired) electrons.